The molecule has 0 amide bonds. The summed E-state index contributed by atoms with van der Waals surface area (Å²) in [6.07, 6.45) is 0. The number of hydrogen-bond acceptors (Lipinski definition) is 2. The molecule has 2 nitrogen and oxygen atoms in total. The molecule has 1 rings (SSSR count). The fourth-order valence-electron chi connectivity index (χ4n) is 0.846. The minimum absolute atomic E-state index is 0.00801. The second kappa shape index (κ2) is 4.57. The van der Waals surface area contributed by atoms with E-state index in [4.69, 9.17) is 10.5 Å². The van der Waals surface area contributed by atoms with E-state index in [9.17, 15) is 0 Å². The van der Waals surface area contributed by atoms with Crippen molar-refractivity contribution in [2.75, 3.05) is 0 Å². The molecular formula is C9H6N2Se. The zero-order chi connectivity index (χ0) is 8.81. The molecule has 0 bridgehead atoms. The van der Waals surface area contributed by atoms with Crippen LogP contribution in [0.5, 0.6) is 0 Å². The first kappa shape index (κ1) is 8.81. The fourth-order valence-corrected chi connectivity index (χ4v) is 1.71. The summed E-state index contributed by atoms with van der Waals surface area (Å²) < 4.78 is 0. The third-order valence-electron chi connectivity index (χ3n) is 1.36. The first-order valence-corrected chi connectivity index (χ1v) is 5.43. The van der Waals surface area contributed by atoms with Gasteiger partial charge in [-0.05, 0) is 0 Å². The molecule has 0 aliphatic rings. The molecular weight excluding hydrogens is 215 g/mol. The van der Waals surface area contributed by atoms with Crippen molar-refractivity contribution in [3.63, 3.8) is 0 Å². The van der Waals surface area contributed by atoms with Gasteiger partial charge in [-0.3, -0.25) is 0 Å². The molecule has 0 heterocycles. The van der Waals surface area contributed by atoms with Gasteiger partial charge in [0.2, 0.25) is 0 Å². The molecule has 0 aromatic heterocycles. The minimum atomic E-state index is 0.00801. The van der Waals surface area contributed by atoms with Gasteiger partial charge in [-0.2, -0.15) is 0 Å². The average molecular weight is 221 g/mol. The third kappa shape index (κ3) is 2.40. The molecule has 0 saturated heterocycles. The first-order valence-electron chi connectivity index (χ1n) is 3.36. The van der Waals surface area contributed by atoms with Crippen molar-refractivity contribution in [1.29, 1.82) is 10.5 Å². The predicted octanol–water partition coefficient (Wildman–Crippen LogP) is 1.24. The van der Waals surface area contributed by atoms with E-state index in [2.05, 4.69) is 11.0 Å². The van der Waals surface area contributed by atoms with E-state index in [1.54, 1.807) is 6.07 Å². The molecule has 0 atom stereocenters. The van der Waals surface area contributed by atoms with E-state index in [0.717, 1.165) is 10.9 Å². The van der Waals surface area contributed by atoms with Crippen molar-refractivity contribution >= 4 is 15.0 Å². The number of nitrogens with zero attached hydrogens (tertiary/aromatic N) is 2. The van der Waals surface area contributed by atoms with Gasteiger partial charge >= 0.3 is 77.2 Å². The molecule has 0 aliphatic carbocycles. The van der Waals surface area contributed by atoms with Gasteiger partial charge in [0.15, 0.2) is 0 Å². The second-order valence-corrected chi connectivity index (χ2v) is 3.79. The quantitative estimate of drug-likeness (QED) is 0.705. The van der Waals surface area contributed by atoms with Crippen LogP contribution < -0.4 is 0 Å². The van der Waals surface area contributed by atoms with E-state index in [1.807, 2.05) is 18.2 Å². The summed E-state index contributed by atoms with van der Waals surface area (Å²) in [5, 5.41) is 17.7. The summed E-state index contributed by atoms with van der Waals surface area (Å²) in [6, 6.07) is 9.46. The summed E-state index contributed by atoms with van der Waals surface area (Å²) in [7, 11) is 0. The van der Waals surface area contributed by atoms with Crippen molar-refractivity contribution in [1.82, 2.24) is 0 Å². The molecule has 0 N–H and O–H groups in total. The van der Waals surface area contributed by atoms with Gasteiger partial charge in [-0.1, -0.05) is 0 Å². The molecule has 0 saturated carbocycles. The van der Waals surface area contributed by atoms with E-state index < -0.39 is 0 Å². The molecule has 12 heavy (non-hydrogen) atoms. The fraction of sp³-hybridized carbons (Fsp3) is 0.111. The number of rotatable bonds is 2. The molecule has 0 unspecified atom stereocenters. The Morgan fingerprint density at radius 3 is 2.83 bits per heavy atom. The zero-order valence-corrected chi connectivity index (χ0v) is 8.03. The Morgan fingerprint density at radius 2 is 2.17 bits per heavy atom. The summed E-state index contributed by atoms with van der Waals surface area (Å²) in [5.74, 6) is 0. The van der Waals surface area contributed by atoms with Crippen molar-refractivity contribution in [3.05, 3.63) is 35.4 Å². The number of hydrogen-bond donors (Lipinski definition) is 0. The number of benzene rings is 1. The van der Waals surface area contributed by atoms with Crippen molar-refractivity contribution < 1.29 is 0 Å². The van der Waals surface area contributed by atoms with Crippen LogP contribution in [0.2, 0.25) is 0 Å². The van der Waals surface area contributed by atoms with E-state index in [-0.39, 0.29) is 15.0 Å². The Bertz CT molecular complexity index is 346. The third-order valence-corrected chi connectivity index (χ3v) is 2.63. The SMILES string of the molecule is N#C[Se]Cc1cccc(C#N)c1. The maximum absolute atomic E-state index is 8.58. The van der Waals surface area contributed by atoms with Gasteiger partial charge in [-0.25, -0.2) is 0 Å². The first-order chi connectivity index (χ1) is 5.86. The summed E-state index contributed by atoms with van der Waals surface area (Å²) in [4.78, 5) is 2.13. The Labute approximate surface area is 77.6 Å². The molecule has 1 aromatic carbocycles. The molecule has 3 heteroatoms. The van der Waals surface area contributed by atoms with Gasteiger partial charge in [0, 0.05) is 0 Å². The van der Waals surface area contributed by atoms with Gasteiger partial charge in [-0.15, -0.1) is 0 Å². The van der Waals surface area contributed by atoms with Crippen LogP contribution >= 0.6 is 0 Å². The normalized spacial score (nSPS) is 8.50. The topological polar surface area (TPSA) is 47.6 Å². The molecule has 0 aliphatic heterocycles. The maximum atomic E-state index is 8.58. The molecule has 1 aromatic rings. The summed E-state index contributed by atoms with van der Waals surface area (Å²) in [6.45, 7) is 0. The van der Waals surface area contributed by atoms with Crippen LogP contribution in [-0.4, -0.2) is 15.0 Å². The standard InChI is InChI=1S/C9H6N2Se/c10-5-8-2-1-3-9(4-8)6-12-7-11/h1-4H,6H2. The van der Waals surface area contributed by atoms with Gasteiger partial charge in [0.25, 0.3) is 0 Å². The Morgan fingerprint density at radius 1 is 1.33 bits per heavy atom. The van der Waals surface area contributed by atoms with E-state index in [1.165, 1.54) is 0 Å². The van der Waals surface area contributed by atoms with Crippen LogP contribution in [-0.2, 0) is 5.32 Å². The van der Waals surface area contributed by atoms with Crippen molar-refractivity contribution in [3.8, 4) is 11.0 Å². The second-order valence-electron chi connectivity index (χ2n) is 2.19. The van der Waals surface area contributed by atoms with E-state index >= 15 is 0 Å². The van der Waals surface area contributed by atoms with Gasteiger partial charge in [0.1, 0.15) is 0 Å². The average Bonchev–Trinajstić information content (AvgIpc) is 2.15. The predicted molar refractivity (Wildman–Crippen MR) is 46.2 cm³/mol. The summed E-state index contributed by atoms with van der Waals surface area (Å²) in [5.41, 5.74) is 1.75. The van der Waals surface area contributed by atoms with Gasteiger partial charge in [0.05, 0.1) is 0 Å². The zero-order valence-electron chi connectivity index (χ0n) is 6.32. The van der Waals surface area contributed by atoms with Crippen LogP contribution in [0.3, 0.4) is 0 Å². The monoisotopic (exact) mass is 222 g/mol. The van der Waals surface area contributed by atoms with Crippen LogP contribution in [0.25, 0.3) is 0 Å². The van der Waals surface area contributed by atoms with Gasteiger partial charge < -0.3 is 0 Å². The van der Waals surface area contributed by atoms with Crippen LogP contribution in [0.4, 0.5) is 0 Å². The Hall–Kier alpha value is -1.28. The molecule has 0 fully saturated rings. The van der Waals surface area contributed by atoms with Crippen LogP contribution in [0.1, 0.15) is 11.1 Å². The Kier molecular flexibility index (Phi) is 3.35. The Balaban J connectivity index is 2.76. The number of nitriles is 2. The molecule has 58 valence electrons. The van der Waals surface area contributed by atoms with Crippen molar-refractivity contribution in [2.45, 2.75) is 5.32 Å². The van der Waals surface area contributed by atoms with Crippen LogP contribution in [0, 0.1) is 21.6 Å². The van der Waals surface area contributed by atoms with E-state index in [0.29, 0.717) is 5.56 Å². The molecule has 0 radical (unpaired) electrons. The van der Waals surface area contributed by atoms with Crippen LogP contribution in [0.15, 0.2) is 24.3 Å². The van der Waals surface area contributed by atoms with Crippen molar-refractivity contribution in [2.24, 2.45) is 0 Å². The molecule has 0 spiro atoms. The summed E-state index contributed by atoms with van der Waals surface area (Å²) >= 11 is 0.00801.